The number of thiazole rings is 1. The van der Waals surface area contributed by atoms with E-state index in [0.29, 0.717) is 18.3 Å². The molecule has 0 atom stereocenters. The second kappa shape index (κ2) is 6.48. The molecule has 6 nitrogen and oxygen atoms in total. The quantitative estimate of drug-likeness (QED) is 0.782. The van der Waals surface area contributed by atoms with Gasteiger partial charge in [0.2, 0.25) is 5.91 Å². The lowest BCUT2D eigenvalue weighted by Gasteiger charge is -2.03. The smallest absolute Gasteiger partial charge is 0.269 e. The molecule has 3 rings (SSSR count). The highest BCUT2D eigenvalue weighted by Crippen LogP contribution is 2.25. The van der Waals surface area contributed by atoms with Gasteiger partial charge in [-0.05, 0) is 12.5 Å². The van der Waals surface area contributed by atoms with Gasteiger partial charge in [0.25, 0.3) is 5.89 Å². The molecule has 0 aliphatic heterocycles. The molecular weight excluding hydrogens is 300 g/mol. The Morgan fingerprint density at radius 1 is 1.32 bits per heavy atom. The molecule has 0 radical (unpaired) electrons. The molecule has 0 aliphatic rings. The van der Waals surface area contributed by atoms with Crippen LogP contribution in [0.15, 0.2) is 40.4 Å². The fourth-order valence-corrected chi connectivity index (χ4v) is 2.65. The van der Waals surface area contributed by atoms with Gasteiger partial charge in [-0.1, -0.05) is 35.5 Å². The summed E-state index contributed by atoms with van der Waals surface area (Å²) >= 11 is 1.43. The molecule has 0 saturated carbocycles. The van der Waals surface area contributed by atoms with Crippen molar-refractivity contribution in [3.63, 3.8) is 0 Å². The summed E-state index contributed by atoms with van der Waals surface area (Å²) in [4.78, 5) is 21.1. The summed E-state index contributed by atoms with van der Waals surface area (Å²) in [5.41, 5.74) is 3.61. The lowest BCUT2D eigenvalue weighted by atomic mass is 10.2. The number of amides is 1. The predicted octanol–water partition coefficient (Wildman–Crippen LogP) is 2.36. The van der Waals surface area contributed by atoms with E-state index in [-0.39, 0.29) is 12.3 Å². The summed E-state index contributed by atoms with van der Waals surface area (Å²) in [5, 5.41) is 6.67. The summed E-state index contributed by atoms with van der Waals surface area (Å²) < 4.78 is 5.18. The Labute approximate surface area is 131 Å². The maximum absolute atomic E-state index is 11.9. The number of aryl methyl sites for hydroxylation is 1. The van der Waals surface area contributed by atoms with Crippen molar-refractivity contribution in [3.05, 3.63) is 52.9 Å². The lowest BCUT2D eigenvalue weighted by molar-refractivity contribution is -0.120. The number of hydrogen-bond acceptors (Lipinski definition) is 6. The molecule has 112 valence electrons. The van der Waals surface area contributed by atoms with E-state index in [1.165, 1.54) is 11.3 Å². The zero-order valence-corrected chi connectivity index (χ0v) is 12.8. The van der Waals surface area contributed by atoms with Gasteiger partial charge in [-0.3, -0.25) is 4.79 Å². The predicted molar refractivity (Wildman–Crippen MR) is 82.1 cm³/mol. The molecule has 1 aromatic carbocycles. The molecule has 0 saturated heterocycles. The molecule has 3 aromatic rings. The minimum absolute atomic E-state index is 0.0915. The van der Waals surface area contributed by atoms with Gasteiger partial charge >= 0.3 is 0 Å². The van der Waals surface area contributed by atoms with Crippen molar-refractivity contribution >= 4 is 17.2 Å². The van der Waals surface area contributed by atoms with Gasteiger partial charge in [-0.15, -0.1) is 11.3 Å². The van der Waals surface area contributed by atoms with E-state index in [4.69, 9.17) is 4.52 Å². The second-order valence-electron chi connectivity index (χ2n) is 4.72. The molecule has 1 amide bonds. The summed E-state index contributed by atoms with van der Waals surface area (Å²) in [7, 11) is 0. The second-order valence-corrected chi connectivity index (χ2v) is 5.58. The Hall–Kier alpha value is -2.54. The number of nitrogens with one attached hydrogen (secondary N) is 1. The normalized spacial score (nSPS) is 10.6. The van der Waals surface area contributed by atoms with E-state index in [9.17, 15) is 4.79 Å². The van der Waals surface area contributed by atoms with E-state index in [2.05, 4.69) is 20.4 Å². The summed E-state index contributed by atoms with van der Waals surface area (Å²) in [5.74, 6) is 0.636. The van der Waals surface area contributed by atoms with Crippen molar-refractivity contribution < 1.29 is 9.32 Å². The van der Waals surface area contributed by atoms with Gasteiger partial charge in [-0.25, -0.2) is 4.98 Å². The largest absolute Gasteiger partial charge is 0.352 e. The maximum Gasteiger partial charge on any atom is 0.269 e. The van der Waals surface area contributed by atoms with Gasteiger partial charge in [0.1, 0.15) is 4.88 Å². The van der Waals surface area contributed by atoms with Crippen LogP contribution < -0.4 is 5.32 Å². The third-order valence-corrected chi connectivity index (χ3v) is 3.98. The lowest BCUT2D eigenvalue weighted by Crippen LogP contribution is -2.24. The highest BCUT2D eigenvalue weighted by molar-refractivity contribution is 7.13. The first-order valence-electron chi connectivity index (χ1n) is 6.76. The van der Waals surface area contributed by atoms with E-state index in [1.807, 2.05) is 37.3 Å². The minimum Gasteiger partial charge on any atom is -0.352 e. The van der Waals surface area contributed by atoms with Crippen LogP contribution in [-0.2, 0) is 17.8 Å². The first-order valence-corrected chi connectivity index (χ1v) is 7.64. The molecular formula is C15H14N4O2S. The molecule has 7 heteroatoms. The van der Waals surface area contributed by atoms with Crippen molar-refractivity contribution in [2.24, 2.45) is 0 Å². The molecule has 2 heterocycles. The zero-order valence-electron chi connectivity index (χ0n) is 11.9. The van der Waals surface area contributed by atoms with Crippen LogP contribution in [0.4, 0.5) is 0 Å². The van der Waals surface area contributed by atoms with Crippen molar-refractivity contribution in [3.8, 4) is 10.8 Å². The molecule has 1 N–H and O–H groups in total. The number of carbonyl (C=O) groups is 1. The van der Waals surface area contributed by atoms with Crippen LogP contribution in [0.1, 0.15) is 17.1 Å². The SMILES string of the molecule is Cc1ncsc1-c1nc(CC(=O)NCc2ccccc2)no1. The Balaban J connectivity index is 1.58. The number of carbonyl (C=O) groups excluding carboxylic acids is 1. The third kappa shape index (κ3) is 3.37. The maximum atomic E-state index is 11.9. The number of rotatable bonds is 5. The van der Waals surface area contributed by atoms with Crippen molar-refractivity contribution in [2.45, 2.75) is 19.9 Å². The number of hydrogen-bond donors (Lipinski definition) is 1. The Morgan fingerprint density at radius 3 is 2.86 bits per heavy atom. The first kappa shape index (κ1) is 14.4. The van der Waals surface area contributed by atoms with Crippen LogP contribution in [0, 0.1) is 6.92 Å². The average Bonchev–Trinajstić information content (AvgIpc) is 3.15. The summed E-state index contributed by atoms with van der Waals surface area (Å²) in [6, 6.07) is 9.72. The van der Waals surface area contributed by atoms with Crippen LogP contribution in [0.5, 0.6) is 0 Å². The fourth-order valence-electron chi connectivity index (χ4n) is 1.93. The van der Waals surface area contributed by atoms with Gasteiger partial charge < -0.3 is 9.84 Å². The molecule has 2 aromatic heterocycles. The van der Waals surface area contributed by atoms with Gasteiger partial charge in [0.15, 0.2) is 5.82 Å². The average molecular weight is 314 g/mol. The standard InChI is InChI=1S/C15H14N4O2S/c1-10-14(22-9-17-10)15-18-12(19-21-15)7-13(20)16-8-11-5-3-2-4-6-11/h2-6,9H,7-8H2,1H3,(H,16,20). The molecule has 0 bridgehead atoms. The molecule has 0 aliphatic carbocycles. The van der Waals surface area contributed by atoms with Gasteiger partial charge in [-0.2, -0.15) is 4.98 Å². The van der Waals surface area contributed by atoms with Crippen LogP contribution in [0.25, 0.3) is 10.8 Å². The topological polar surface area (TPSA) is 80.9 Å². The Kier molecular flexibility index (Phi) is 4.24. The number of benzene rings is 1. The van der Waals surface area contributed by atoms with E-state index < -0.39 is 0 Å². The fraction of sp³-hybridized carbons (Fsp3) is 0.200. The van der Waals surface area contributed by atoms with Crippen molar-refractivity contribution in [2.75, 3.05) is 0 Å². The summed E-state index contributed by atoms with van der Waals surface area (Å²) in [6.45, 7) is 2.36. The van der Waals surface area contributed by atoms with Crippen LogP contribution >= 0.6 is 11.3 Å². The van der Waals surface area contributed by atoms with E-state index in [1.54, 1.807) is 5.51 Å². The monoisotopic (exact) mass is 314 g/mol. The summed E-state index contributed by atoms with van der Waals surface area (Å²) in [6.07, 6.45) is 0.0915. The Bertz CT molecular complexity index is 767. The third-order valence-electron chi connectivity index (χ3n) is 3.06. The minimum atomic E-state index is -0.141. The molecule has 0 unspecified atom stereocenters. The first-order chi connectivity index (χ1) is 10.7. The zero-order chi connectivity index (χ0) is 15.4. The van der Waals surface area contributed by atoms with Crippen molar-refractivity contribution in [1.29, 1.82) is 0 Å². The highest BCUT2D eigenvalue weighted by atomic mass is 32.1. The van der Waals surface area contributed by atoms with Crippen LogP contribution in [0.3, 0.4) is 0 Å². The van der Waals surface area contributed by atoms with Crippen molar-refractivity contribution in [1.82, 2.24) is 20.4 Å². The van der Waals surface area contributed by atoms with E-state index >= 15 is 0 Å². The Morgan fingerprint density at radius 2 is 2.14 bits per heavy atom. The number of aromatic nitrogens is 3. The van der Waals surface area contributed by atoms with Crippen LogP contribution in [-0.4, -0.2) is 21.0 Å². The molecule has 22 heavy (non-hydrogen) atoms. The molecule has 0 fully saturated rings. The highest BCUT2D eigenvalue weighted by Gasteiger charge is 2.15. The molecule has 0 spiro atoms. The van der Waals surface area contributed by atoms with Crippen LogP contribution in [0.2, 0.25) is 0 Å². The number of nitrogens with zero attached hydrogens (tertiary/aromatic N) is 3. The van der Waals surface area contributed by atoms with E-state index in [0.717, 1.165) is 16.1 Å². The van der Waals surface area contributed by atoms with Gasteiger partial charge in [0, 0.05) is 6.54 Å². The van der Waals surface area contributed by atoms with Gasteiger partial charge in [0.05, 0.1) is 17.6 Å².